The second-order valence-electron chi connectivity index (χ2n) is 5.12. The van der Waals surface area contributed by atoms with Crippen molar-refractivity contribution in [2.75, 3.05) is 6.61 Å². The van der Waals surface area contributed by atoms with Crippen LogP contribution in [-0.2, 0) is 9.53 Å². The molecule has 0 aromatic carbocycles. The van der Waals surface area contributed by atoms with Crippen LogP contribution >= 0.6 is 0 Å². The summed E-state index contributed by atoms with van der Waals surface area (Å²) < 4.78 is 4.89. The van der Waals surface area contributed by atoms with Crippen LogP contribution in [0.4, 0.5) is 0 Å². The summed E-state index contributed by atoms with van der Waals surface area (Å²) in [6.07, 6.45) is 11.7. The van der Waals surface area contributed by atoms with E-state index in [4.69, 9.17) is 4.74 Å². The molecule has 1 atom stereocenters. The number of ether oxygens (including phenoxy) is 1. The van der Waals surface area contributed by atoms with Gasteiger partial charge in [-0.2, -0.15) is 0 Å². The molecule has 1 unspecified atom stereocenters. The van der Waals surface area contributed by atoms with E-state index in [1.165, 1.54) is 58.3 Å². The number of carbonyl (C=O) groups excluding carboxylic acids is 1. The average Bonchev–Trinajstić information content (AvgIpc) is 2.30. The predicted octanol–water partition coefficient (Wildman–Crippen LogP) is 4.72. The predicted molar refractivity (Wildman–Crippen MR) is 73.0 cm³/mol. The highest BCUT2D eigenvalue weighted by Gasteiger charge is 1.98. The Hall–Kier alpha value is -0.530. The summed E-state index contributed by atoms with van der Waals surface area (Å²) in [5, 5.41) is 0. The highest BCUT2D eigenvalue weighted by molar-refractivity contribution is 5.65. The normalized spacial score (nSPS) is 12.4. The molecular weight excluding hydrogens is 212 g/mol. The van der Waals surface area contributed by atoms with Crippen molar-refractivity contribution in [2.45, 2.75) is 78.6 Å². The molecule has 0 aromatic heterocycles. The molecule has 0 heterocycles. The molecule has 0 aliphatic rings. The molecule has 17 heavy (non-hydrogen) atoms. The molecular formula is C15H30O2. The zero-order chi connectivity index (χ0) is 12.9. The summed E-state index contributed by atoms with van der Waals surface area (Å²) in [5.41, 5.74) is 0. The zero-order valence-corrected chi connectivity index (χ0v) is 12.0. The van der Waals surface area contributed by atoms with E-state index < -0.39 is 0 Å². The first-order valence-corrected chi connectivity index (χ1v) is 7.30. The minimum atomic E-state index is -0.157. The number of hydrogen-bond donors (Lipinski definition) is 0. The molecule has 0 amide bonds. The first-order chi connectivity index (χ1) is 8.16. The number of rotatable bonds is 11. The summed E-state index contributed by atoms with van der Waals surface area (Å²) in [7, 11) is 0. The molecule has 0 bridgehead atoms. The van der Waals surface area contributed by atoms with E-state index >= 15 is 0 Å². The first kappa shape index (κ1) is 16.5. The molecule has 0 radical (unpaired) electrons. The second-order valence-corrected chi connectivity index (χ2v) is 5.12. The molecule has 0 rings (SSSR count). The van der Waals surface area contributed by atoms with Gasteiger partial charge in [0.05, 0.1) is 6.61 Å². The van der Waals surface area contributed by atoms with Crippen LogP contribution in [0.25, 0.3) is 0 Å². The van der Waals surface area contributed by atoms with Crippen LogP contribution in [0.15, 0.2) is 0 Å². The van der Waals surface area contributed by atoms with E-state index in [-0.39, 0.29) is 5.97 Å². The summed E-state index contributed by atoms with van der Waals surface area (Å²) in [4.78, 5) is 10.5. The van der Waals surface area contributed by atoms with Gasteiger partial charge in [-0.15, -0.1) is 0 Å². The van der Waals surface area contributed by atoms with Crippen molar-refractivity contribution in [1.82, 2.24) is 0 Å². The Morgan fingerprint density at radius 2 is 1.53 bits per heavy atom. The van der Waals surface area contributed by atoms with E-state index in [1.807, 2.05) is 0 Å². The van der Waals surface area contributed by atoms with Crippen LogP contribution in [0, 0.1) is 5.92 Å². The van der Waals surface area contributed by atoms with Gasteiger partial charge < -0.3 is 4.74 Å². The smallest absolute Gasteiger partial charge is 0.302 e. The van der Waals surface area contributed by atoms with Crippen LogP contribution in [0.3, 0.4) is 0 Å². The quantitative estimate of drug-likeness (QED) is 0.387. The van der Waals surface area contributed by atoms with Crippen molar-refractivity contribution in [1.29, 1.82) is 0 Å². The third-order valence-corrected chi connectivity index (χ3v) is 3.34. The van der Waals surface area contributed by atoms with E-state index in [0.717, 1.165) is 12.3 Å². The fraction of sp³-hybridized carbons (Fsp3) is 0.933. The summed E-state index contributed by atoms with van der Waals surface area (Å²) in [6, 6.07) is 0. The lowest BCUT2D eigenvalue weighted by molar-refractivity contribution is -0.141. The van der Waals surface area contributed by atoms with Gasteiger partial charge in [-0.1, -0.05) is 65.2 Å². The maximum atomic E-state index is 10.5. The van der Waals surface area contributed by atoms with Crippen molar-refractivity contribution in [3.8, 4) is 0 Å². The number of esters is 1. The minimum Gasteiger partial charge on any atom is -0.466 e. The van der Waals surface area contributed by atoms with E-state index in [1.54, 1.807) is 0 Å². The highest BCUT2D eigenvalue weighted by Crippen LogP contribution is 2.14. The van der Waals surface area contributed by atoms with Crippen molar-refractivity contribution in [3.63, 3.8) is 0 Å². The molecule has 2 heteroatoms. The van der Waals surface area contributed by atoms with Gasteiger partial charge in [0, 0.05) is 6.92 Å². The van der Waals surface area contributed by atoms with E-state index in [2.05, 4.69) is 13.8 Å². The lowest BCUT2D eigenvalue weighted by Crippen LogP contribution is -2.00. The third kappa shape index (κ3) is 13.4. The van der Waals surface area contributed by atoms with Crippen molar-refractivity contribution in [2.24, 2.45) is 5.92 Å². The van der Waals surface area contributed by atoms with E-state index in [9.17, 15) is 4.79 Å². The number of unbranched alkanes of at least 4 members (excludes halogenated alkanes) is 6. The fourth-order valence-electron chi connectivity index (χ4n) is 1.90. The maximum absolute atomic E-state index is 10.5. The molecule has 0 saturated carbocycles. The SMILES string of the molecule is CCC(C)CCCCCCCCCOC(C)=O. The molecule has 0 N–H and O–H groups in total. The van der Waals surface area contributed by atoms with Crippen molar-refractivity contribution < 1.29 is 9.53 Å². The monoisotopic (exact) mass is 242 g/mol. The fourth-order valence-corrected chi connectivity index (χ4v) is 1.90. The summed E-state index contributed by atoms with van der Waals surface area (Å²) in [5.74, 6) is 0.744. The highest BCUT2D eigenvalue weighted by atomic mass is 16.5. The number of carbonyl (C=O) groups is 1. The minimum absolute atomic E-state index is 0.157. The Balaban J connectivity index is 3.01. The van der Waals surface area contributed by atoms with Gasteiger partial charge in [-0.25, -0.2) is 0 Å². The second kappa shape index (κ2) is 11.9. The van der Waals surface area contributed by atoms with Gasteiger partial charge in [-0.3, -0.25) is 4.79 Å². The lowest BCUT2D eigenvalue weighted by atomic mass is 10.00. The Morgan fingerprint density at radius 1 is 1.00 bits per heavy atom. The summed E-state index contributed by atoms with van der Waals surface area (Å²) >= 11 is 0. The van der Waals surface area contributed by atoms with E-state index in [0.29, 0.717) is 6.61 Å². The lowest BCUT2D eigenvalue weighted by Gasteiger charge is -2.07. The first-order valence-electron chi connectivity index (χ1n) is 7.30. The van der Waals surface area contributed by atoms with Crippen LogP contribution < -0.4 is 0 Å². The Morgan fingerprint density at radius 3 is 2.06 bits per heavy atom. The molecule has 102 valence electrons. The molecule has 0 aliphatic heterocycles. The van der Waals surface area contributed by atoms with Gasteiger partial charge >= 0.3 is 5.97 Å². The average molecular weight is 242 g/mol. The zero-order valence-electron chi connectivity index (χ0n) is 12.0. The molecule has 0 fully saturated rings. The molecule has 0 saturated heterocycles. The Labute approximate surface area is 107 Å². The third-order valence-electron chi connectivity index (χ3n) is 3.34. The van der Waals surface area contributed by atoms with Crippen LogP contribution in [0.2, 0.25) is 0 Å². The van der Waals surface area contributed by atoms with Crippen molar-refractivity contribution in [3.05, 3.63) is 0 Å². The van der Waals surface area contributed by atoms with Gasteiger partial charge in [0.15, 0.2) is 0 Å². The van der Waals surface area contributed by atoms with Gasteiger partial charge in [0.1, 0.15) is 0 Å². The van der Waals surface area contributed by atoms with Crippen molar-refractivity contribution >= 4 is 5.97 Å². The largest absolute Gasteiger partial charge is 0.466 e. The van der Waals surface area contributed by atoms with Gasteiger partial charge in [-0.05, 0) is 12.3 Å². The topological polar surface area (TPSA) is 26.3 Å². The standard InChI is InChI=1S/C15H30O2/c1-4-14(2)12-10-8-6-5-7-9-11-13-17-15(3)16/h14H,4-13H2,1-3H3. The summed E-state index contributed by atoms with van der Waals surface area (Å²) in [6.45, 7) is 6.68. The Kier molecular flexibility index (Phi) is 11.6. The van der Waals surface area contributed by atoms with Gasteiger partial charge in [0.25, 0.3) is 0 Å². The van der Waals surface area contributed by atoms with Crippen LogP contribution in [-0.4, -0.2) is 12.6 Å². The molecule has 0 aromatic rings. The maximum Gasteiger partial charge on any atom is 0.302 e. The van der Waals surface area contributed by atoms with Gasteiger partial charge in [0.2, 0.25) is 0 Å². The number of hydrogen-bond acceptors (Lipinski definition) is 2. The molecule has 2 nitrogen and oxygen atoms in total. The Bertz CT molecular complexity index is 178. The van der Waals surface area contributed by atoms with Crippen LogP contribution in [0.5, 0.6) is 0 Å². The molecule has 0 aliphatic carbocycles. The van der Waals surface area contributed by atoms with Crippen LogP contribution in [0.1, 0.15) is 78.6 Å². The molecule has 0 spiro atoms.